The van der Waals surface area contributed by atoms with Crippen LogP contribution in [0.1, 0.15) is 6.92 Å². The Bertz CT molecular complexity index is 1020. The lowest BCUT2D eigenvalue weighted by molar-refractivity contribution is -0.385. The second-order valence-corrected chi connectivity index (χ2v) is 8.15. The third-order valence-electron chi connectivity index (χ3n) is 4.14. The lowest BCUT2D eigenvalue weighted by Gasteiger charge is -2.26. The molecule has 0 unspecified atom stereocenters. The van der Waals surface area contributed by atoms with Crippen LogP contribution in [0, 0.1) is 10.1 Å². The van der Waals surface area contributed by atoms with E-state index in [-0.39, 0.29) is 42.9 Å². The lowest BCUT2D eigenvalue weighted by atomic mass is 10.2. The van der Waals surface area contributed by atoms with Crippen LogP contribution < -0.4 is 10.1 Å². The predicted molar refractivity (Wildman–Crippen MR) is 103 cm³/mol. The number of hydrogen-bond donors (Lipinski definition) is 1. The van der Waals surface area contributed by atoms with Crippen LogP contribution in [0.5, 0.6) is 11.5 Å². The molecule has 29 heavy (non-hydrogen) atoms. The number of anilines is 1. The molecule has 0 saturated carbocycles. The van der Waals surface area contributed by atoms with Crippen molar-refractivity contribution in [2.45, 2.75) is 11.8 Å². The summed E-state index contributed by atoms with van der Waals surface area (Å²) in [5.41, 5.74) is 0.0802. The van der Waals surface area contributed by atoms with E-state index in [0.717, 1.165) is 6.07 Å². The minimum atomic E-state index is -3.87. The highest BCUT2D eigenvalue weighted by Gasteiger charge is 2.29. The van der Waals surface area contributed by atoms with Crippen molar-refractivity contribution < 1.29 is 27.6 Å². The first-order valence-electron chi connectivity index (χ1n) is 8.69. The van der Waals surface area contributed by atoms with Crippen molar-refractivity contribution in [2.24, 2.45) is 0 Å². The van der Waals surface area contributed by atoms with Crippen molar-refractivity contribution >= 4 is 27.3 Å². The summed E-state index contributed by atoms with van der Waals surface area (Å²) < 4.78 is 37.4. The SMILES string of the molecule is CC(=O)Nc1ccc(Oc2ccc(S(=O)(=O)N3CCOCC3)cc2[N+](=O)[O-])cc1. The number of morpholine rings is 1. The van der Waals surface area contributed by atoms with E-state index < -0.39 is 20.6 Å². The Morgan fingerprint density at radius 2 is 1.83 bits per heavy atom. The molecule has 0 radical (unpaired) electrons. The summed E-state index contributed by atoms with van der Waals surface area (Å²) in [6, 6.07) is 9.76. The van der Waals surface area contributed by atoms with Crippen LogP contribution in [0.4, 0.5) is 11.4 Å². The first-order chi connectivity index (χ1) is 13.8. The van der Waals surface area contributed by atoms with Gasteiger partial charge in [0.2, 0.25) is 21.7 Å². The highest BCUT2D eigenvalue weighted by atomic mass is 32.2. The van der Waals surface area contributed by atoms with E-state index in [1.807, 2.05) is 0 Å². The van der Waals surface area contributed by atoms with Crippen LogP contribution in [-0.4, -0.2) is 49.9 Å². The van der Waals surface area contributed by atoms with Gasteiger partial charge in [-0.1, -0.05) is 0 Å². The van der Waals surface area contributed by atoms with Gasteiger partial charge in [-0.15, -0.1) is 0 Å². The van der Waals surface area contributed by atoms with Crippen LogP contribution >= 0.6 is 0 Å². The number of ether oxygens (including phenoxy) is 2. The number of nitrogens with zero attached hydrogens (tertiary/aromatic N) is 2. The largest absolute Gasteiger partial charge is 0.450 e. The molecule has 0 aliphatic carbocycles. The molecule has 3 rings (SSSR count). The molecule has 2 aromatic rings. The van der Waals surface area contributed by atoms with E-state index in [1.165, 1.54) is 35.5 Å². The second-order valence-electron chi connectivity index (χ2n) is 6.21. The molecule has 1 heterocycles. The molecular formula is C18H19N3O7S. The van der Waals surface area contributed by atoms with Crippen molar-refractivity contribution in [1.29, 1.82) is 0 Å². The van der Waals surface area contributed by atoms with Crippen molar-refractivity contribution in [3.8, 4) is 11.5 Å². The van der Waals surface area contributed by atoms with Crippen LogP contribution in [-0.2, 0) is 19.6 Å². The van der Waals surface area contributed by atoms with E-state index in [2.05, 4.69) is 5.32 Å². The summed E-state index contributed by atoms with van der Waals surface area (Å²) >= 11 is 0. The van der Waals surface area contributed by atoms with Crippen molar-refractivity contribution in [1.82, 2.24) is 4.31 Å². The average molecular weight is 421 g/mol. The van der Waals surface area contributed by atoms with Crippen LogP contribution in [0.2, 0.25) is 0 Å². The fourth-order valence-corrected chi connectivity index (χ4v) is 4.19. The van der Waals surface area contributed by atoms with Gasteiger partial charge in [-0.25, -0.2) is 8.42 Å². The number of nitrogens with one attached hydrogen (secondary N) is 1. The quantitative estimate of drug-likeness (QED) is 0.560. The second kappa shape index (κ2) is 8.55. The zero-order chi connectivity index (χ0) is 21.0. The molecule has 1 aliphatic heterocycles. The van der Waals surface area contributed by atoms with Gasteiger partial charge in [0.15, 0.2) is 0 Å². The number of rotatable bonds is 6. The van der Waals surface area contributed by atoms with Crippen LogP contribution in [0.25, 0.3) is 0 Å². The molecular weight excluding hydrogens is 402 g/mol. The van der Waals surface area contributed by atoms with E-state index in [0.29, 0.717) is 11.4 Å². The Morgan fingerprint density at radius 3 is 2.41 bits per heavy atom. The van der Waals surface area contributed by atoms with E-state index in [4.69, 9.17) is 9.47 Å². The number of nitro benzene ring substituents is 1. The normalized spacial score (nSPS) is 14.9. The fourth-order valence-electron chi connectivity index (χ4n) is 2.76. The number of nitro groups is 1. The van der Waals surface area contributed by atoms with Gasteiger partial charge < -0.3 is 14.8 Å². The number of amides is 1. The monoisotopic (exact) mass is 421 g/mol. The Balaban J connectivity index is 1.86. The number of carbonyl (C=O) groups is 1. The van der Waals surface area contributed by atoms with Crippen LogP contribution in [0.15, 0.2) is 47.4 Å². The Labute approximate surface area is 167 Å². The maximum Gasteiger partial charge on any atom is 0.312 e. The van der Waals surface area contributed by atoms with Gasteiger partial charge in [0.1, 0.15) is 5.75 Å². The predicted octanol–water partition coefficient (Wildman–Crippen LogP) is 2.37. The Kier molecular flexibility index (Phi) is 6.11. The fraction of sp³-hybridized carbons (Fsp3) is 0.278. The summed E-state index contributed by atoms with van der Waals surface area (Å²) in [6.07, 6.45) is 0. The summed E-state index contributed by atoms with van der Waals surface area (Å²) in [4.78, 5) is 21.7. The van der Waals surface area contributed by atoms with E-state index >= 15 is 0 Å². The van der Waals surface area contributed by atoms with Gasteiger partial charge in [0.25, 0.3) is 0 Å². The summed E-state index contributed by atoms with van der Waals surface area (Å²) in [7, 11) is -3.87. The first-order valence-corrected chi connectivity index (χ1v) is 10.1. The van der Waals surface area contributed by atoms with E-state index in [9.17, 15) is 23.3 Å². The zero-order valence-electron chi connectivity index (χ0n) is 15.5. The molecule has 1 aliphatic rings. The standard InChI is InChI=1S/C18H19N3O7S/c1-13(22)19-14-2-4-15(5-3-14)28-18-7-6-16(12-17(18)21(23)24)29(25,26)20-8-10-27-11-9-20/h2-7,12H,8-11H2,1H3,(H,19,22). The molecule has 0 atom stereocenters. The molecule has 0 spiro atoms. The minimum absolute atomic E-state index is 0.0943. The van der Waals surface area contributed by atoms with E-state index in [1.54, 1.807) is 12.1 Å². The highest BCUT2D eigenvalue weighted by molar-refractivity contribution is 7.89. The van der Waals surface area contributed by atoms with Gasteiger partial charge in [-0.2, -0.15) is 4.31 Å². The first kappa shape index (κ1) is 20.7. The summed E-state index contributed by atoms with van der Waals surface area (Å²) in [5, 5.41) is 14.1. The molecule has 154 valence electrons. The minimum Gasteiger partial charge on any atom is -0.450 e. The Hall–Kier alpha value is -3.02. The number of hydrogen-bond acceptors (Lipinski definition) is 7. The van der Waals surface area contributed by atoms with Crippen molar-refractivity contribution in [3.63, 3.8) is 0 Å². The van der Waals surface area contributed by atoms with Gasteiger partial charge >= 0.3 is 5.69 Å². The third-order valence-corrected chi connectivity index (χ3v) is 6.03. The third kappa shape index (κ3) is 4.88. The van der Waals surface area contributed by atoms with Crippen LogP contribution in [0.3, 0.4) is 0 Å². The number of benzene rings is 2. The maximum absolute atomic E-state index is 12.7. The Morgan fingerprint density at radius 1 is 1.17 bits per heavy atom. The molecule has 10 nitrogen and oxygen atoms in total. The highest BCUT2D eigenvalue weighted by Crippen LogP contribution is 2.34. The molecule has 0 bridgehead atoms. The topological polar surface area (TPSA) is 128 Å². The van der Waals surface area contributed by atoms with Gasteiger partial charge in [0.05, 0.1) is 23.0 Å². The van der Waals surface area contributed by atoms with Gasteiger partial charge in [-0.05, 0) is 36.4 Å². The van der Waals surface area contributed by atoms with Crippen molar-refractivity contribution in [3.05, 3.63) is 52.6 Å². The van der Waals surface area contributed by atoms with Crippen molar-refractivity contribution in [2.75, 3.05) is 31.6 Å². The lowest BCUT2D eigenvalue weighted by Crippen LogP contribution is -2.40. The molecule has 11 heteroatoms. The zero-order valence-corrected chi connectivity index (χ0v) is 16.3. The number of carbonyl (C=O) groups excluding carboxylic acids is 1. The summed E-state index contributed by atoms with van der Waals surface area (Å²) in [5.74, 6) is -0.0273. The molecule has 1 N–H and O–H groups in total. The molecule has 1 amide bonds. The van der Waals surface area contributed by atoms with Gasteiger partial charge in [-0.3, -0.25) is 14.9 Å². The maximum atomic E-state index is 12.7. The molecule has 0 aromatic heterocycles. The average Bonchev–Trinajstić information content (AvgIpc) is 2.69. The summed E-state index contributed by atoms with van der Waals surface area (Å²) in [6.45, 7) is 2.30. The molecule has 2 aromatic carbocycles. The molecule has 1 fully saturated rings. The smallest absolute Gasteiger partial charge is 0.312 e. The number of sulfonamides is 1. The molecule has 1 saturated heterocycles. The van der Waals surface area contributed by atoms with Gasteiger partial charge in [0, 0.05) is 31.8 Å².